The minimum absolute atomic E-state index is 0.0620. The van der Waals surface area contributed by atoms with Crippen LogP contribution in [0.25, 0.3) is 0 Å². The molecule has 2 aliphatic rings. The second-order valence-corrected chi connectivity index (χ2v) is 7.71. The Morgan fingerprint density at radius 1 is 1.08 bits per heavy atom. The molecule has 130 valence electrons. The number of benzene rings is 1. The smallest absolute Gasteiger partial charge is 0.266 e. The molecule has 0 bridgehead atoms. The van der Waals surface area contributed by atoms with Gasteiger partial charge in [-0.25, -0.2) is 10.0 Å². The summed E-state index contributed by atoms with van der Waals surface area (Å²) < 4.78 is 30.3. The van der Waals surface area contributed by atoms with E-state index in [2.05, 4.69) is 4.40 Å². The van der Waals surface area contributed by atoms with Crippen LogP contribution < -0.4 is 5.01 Å². The molecule has 2 saturated heterocycles. The first-order valence-corrected chi connectivity index (χ1v) is 9.53. The van der Waals surface area contributed by atoms with Crippen molar-refractivity contribution in [1.82, 2.24) is 9.31 Å². The summed E-state index contributed by atoms with van der Waals surface area (Å²) >= 11 is 0. The maximum atomic E-state index is 12.8. The molecule has 0 radical (unpaired) electrons. The molecule has 1 unspecified atom stereocenters. The van der Waals surface area contributed by atoms with Crippen molar-refractivity contribution in [2.24, 2.45) is 4.40 Å². The number of hydrazine groups is 1. The number of amides is 1. The molecule has 1 aromatic carbocycles. The quantitative estimate of drug-likeness (QED) is 0.827. The number of rotatable bonds is 3. The Hall–Kier alpha value is -1.77. The van der Waals surface area contributed by atoms with Gasteiger partial charge < -0.3 is 0 Å². The molecule has 24 heavy (non-hydrogen) atoms. The van der Waals surface area contributed by atoms with Crippen LogP contribution in [0.5, 0.6) is 0 Å². The fourth-order valence-corrected chi connectivity index (χ4v) is 4.36. The van der Waals surface area contributed by atoms with Crippen molar-refractivity contribution in [3.05, 3.63) is 30.3 Å². The first-order chi connectivity index (χ1) is 11.4. The highest BCUT2D eigenvalue weighted by Gasteiger charge is 2.41. The third-order valence-corrected chi connectivity index (χ3v) is 5.98. The van der Waals surface area contributed by atoms with Gasteiger partial charge in [-0.15, -0.1) is 4.40 Å². The van der Waals surface area contributed by atoms with Crippen LogP contribution in [0.2, 0.25) is 0 Å². The molecule has 1 amide bonds. The monoisotopic (exact) mass is 350 g/mol. The van der Waals surface area contributed by atoms with E-state index in [4.69, 9.17) is 0 Å². The Morgan fingerprint density at radius 3 is 2.33 bits per heavy atom. The van der Waals surface area contributed by atoms with Gasteiger partial charge in [0.25, 0.3) is 5.91 Å². The minimum Gasteiger partial charge on any atom is -0.266 e. The van der Waals surface area contributed by atoms with Gasteiger partial charge in [-0.05, 0) is 31.9 Å². The molecular formula is C16H22N4O3S. The largest absolute Gasteiger partial charge is 0.322 e. The third-order valence-electron chi connectivity index (χ3n) is 4.54. The number of anilines is 1. The predicted molar refractivity (Wildman–Crippen MR) is 92.9 cm³/mol. The van der Waals surface area contributed by atoms with Gasteiger partial charge in [0.2, 0.25) is 0 Å². The van der Waals surface area contributed by atoms with Gasteiger partial charge in [-0.1, -0.05) is 24.6 Å². The maximum absolute atomic E-state index is 12.8. The van der Waals surface area contributed by atoms with E-state index in [0.717, 1.165) is 19.3 Å². The van der Waals surface area contributed by atoms with E-state index >= 15 is 0 Å². The first-order valence-electron chi connectivity index (χ1n) is 8.14. The lowest BCUT2D eigenvalue weighted by atomic mass is 10.2. The number of hydrogen-bond donors (Lipinski definition) is 0. The number of carbonyl (C=O) groups is 1. The minimum atomic E-state index is -3.81. The van der Waals surface area contributed by atoms with Gasteiger partial charge in [-0.3, -0.25) is 4.79 Å². The Kier molecular flexibility index (Phi) is 4.71. The van der Waals surface area contributed by atoms with Crippen molar-refractivity contribution in [2.45, 2.75) is 32.2 Å². The molecule has 0 spiro atoms. The molecule has 2 aliphatic heterocycles. The Morgan fingerprint density at radius 2 is 1.71 bits per heavy atom. The summed E-state index contributed by atoms with van der Waals surface area (Å²) in [6.07, 6.45) is 2.70. The summed E-state index contributed by atoms with van der Waals surface area (Å²) in [5, 5.41) is 3.18. The molecule has 1 aromatic rings. The van der Waals surface area contributed by atoms with Crippen molar-refractivity contribution in [2.75, 3.05) is 25.1 Å². The molecule has 3 rings (SSSR count). The molecule has 0 aliphatic carbocycles. The van der Waals surface area contributed by atoms with Gasteiger partial charge in [0.05, 0.1) is 11.7 Å². The van der Waals surface area contributed by atoms with Crippen LogP contribution in [0.3, 0.4) is 0 Å². The van der Waals surface area contributed by atoms with Gasteiger partial charge in [0, 0.05) is 20.1 Å². The average molecular weight is 350 g/mol. The summed E-state index contributed by atoms with van der Waals surface area (Å²) in [5.74, 6) is -0.392. The zero-order valence-corrected chi connectivity index (χ0v) is 14.7. The van der Waals surface area contributed by atoms with E-state index in [0.29, 0.717) is 18.8 Å². The number of para-hydroxylation sites is 1. The van der Waals surface area contributed by atoms with Crippen molar-refractivity contribution >= 4 is 27.5 Å². The van der Waals surface area contributed by atoms with Crippen LogP contribution in [-0.2, 0) is 15.0 Å². The van der Waals surface area contributed by atoms with Crippen molar-refractivity contribution in [3.8, 4) is 0 Å². The Balaban J connectivity index is 1.92. The molecular weight excluding hydrogens is 328 g/mol. The lowest BCUT2D eigenvalue weighted by molar-refractivity contribution is -0.113. The standard InChI is InChI=1S/C16H22N4O3S/c1-13-15(17-24(22,23)19-11-7-4-8-12-19)16(21)20(18(13)2)14-9-5-3-6-10-14/h3,5-6,9-10,13H,4,7-8,11-12H2,1-2H3. The highest BCUT2D eigenvalue weighted by atomic mass is 32.2. The molecule has 2 fully saturated rings. The Labute approximate surface area is 142 Å². The van der Waals surface area contributed by atoms with Crippen LogP contribution in [0, 0.1) is 0 Å². The van der Waals surface area contributed by atoms with Gasteiger partial charge in [0.15, 0.2) is 0 Å². The van der Waals surface area contributed by atoms with Crippen LogP contribution in [0.4, 0.5) is 5.69 Å². The van der Waals surface area contributed by atoms with Crippen LogP contribution in [0.1, 0.15) is 26.2 Å². The van der Waals surface area contributed by atoms with E-state index < -0.39 is 22.2 Å². The fraction of sp³-hybridized carbons (Fsp3) is 0.500. The average Bonchev–Trinajstić information content (AvgIpc) is 2.80. The molecule has 0 saturated carbocycles. The van der Waals surface area contributed by atoms with E-state index in [1.807, 2.05) is 30.3 Å². The second-order valence-electron chi connectivity index (χ2n) is 6.12. The molecule has 1 atom stereocenters. The van der Waals surface area contributed by atoms with Gasteiger partial charge in [-0.2, -0.15) is 12.7 Å². The van der Waals surface area contributed by atoms with Crippen molar-refractivity contribution in [3.63, 3.8) is 0 Å². The maximum Gasteiger partial charge on any atom is 0.322 e. The zero-order valence-electron chi connectivity index (χ0n) is 13.9. The fourth-order valence-electron chi connectivity index (χ4n) is 3.04. The molecule has 2 heterocycles. The van der Waals surface area contributed by atoms with Crippen molar-refractivity contribution < 1.29 is 13.2 Å². The number of nitrogens with zero attached hydrogens (tertiary/aromatic N) is 4. The summed E-state index contributed by atoms with van der Waals surface area (Å²) in [6.45, 7) is 2.73. The van der Waals surface area contributed by atoms with E-state index in [-0.39, 0.29) is 5.71 Å². The normalized spacial score (nSPS) is 25.6. The topological polar surface area (TPSA) is 73.3 Å². The lowest BCUT2D eigenvalue weighted by Gasteiger charge is -2.25. The highest BCUT2D eigenvalue weighted by molar-refractivity contribution is 7.88. The van der Waals surface area contributed by atoms with Crippen LogP contribution in [-0.4, -0.2) is 55.5 Å². The lowest BCUT2D eigenvalue weighted by Crippen LogP contribution is -2.38. The SMILES string of the molecule is CC1C(=NS(=O)(=O)N2CCCCC2)C(=O)N(c2ccccc2)N1C. The summed E-state index contributed by atoms with van der Waals surface area (Å²) in [6, 6.07) is 8.74. The summed E-state index contributed by atoms with van der Waals surface area (Å²) in [5.41, 5.74) is 0.754. The molecule has 8 heteroatoms. The predicted octanol–water partition coefficient (Wildman–Crippen LogP) is 1.44. The summed E-state index contributed by atoms with van der Waals surface area (Å²) in [7, 11) is -2.06. The second kappa shape index (κ2) is 6.62. The van der Waals surface area contributed by atoms with Gasteiger partial charge >= 0.3 is 10.2 Å². The van der Waals surface area contributed by atoms with Crippen molar-refractivity contribution in [1.29, 1.82) is 0 Å². The highest BCUT2D eigenvalue weighted by Crippen LogP contribution is 2.25. The number of carbonyl (C=O) groups excluding carboxylic acids is 1. The molecule has 0 N–H and O–H groups in total. The molecule has 7 nitrogen and oxygen atoms in total. The Bertz CT molecular complexity index is 742. The first kappa shape index (κ1) is 17.1. The molecule has 0 aromatic heterocycles. The summed E-state index contributed by atoms with van der Waals surface area (Å²) in [4.78, 5) is 12.8. The zero-order chi connectivity index (χ0) is 17.3. The van der Waals surface area contributed by atoms with Gasteiger partial charge in [0.1, 0.15) is 5.71 Å². The van der Waals surface area contributed by atoms with E-state index in [1.54, 1.807) is 19.0 Å². The van der Waals surface area contributed by atoms with Crippen LogP contribution >= 0.6 is 0 Å². The van der Waals surface area contributed by atoms with E-state index in [1.165, 1.54) is 9.31 Å². The van der Waals surface area contributed by atoms with E-state index in [9.17, 15) is 13.2 Å². The number of hydrogen-bond acceptors (Lipinski definition) is 4. The number of piperidine rings is 1. The third kappa shape index (κ3) is 3.09. The van der Waals surface area contributed by atoms with Crippen LogP contribution in [0.15, 0.2) is 34.7 Å².